The monoisotopic (exact) mass is 218 g/mol. The van der Waals surface area contributed by atoms with Crippen molar-refractivity contribution < 1.29 is 4.79 Å². The Hall–Kier alpha value is -1.11. The number of rotatable bonds is 1. The van der Waals surface area contributed by atoms with Crippen molar-refractivity contribution in [1.82, 2.24) is 0 Å². The van der Waals surface area contributed by atoms with Crippen LogP contribution in [-0.4, -0.2) is 5.78 Å². The molecule has 1 saturated carbocycles. The maximum absolute atomic E-state index is 11.7. The van der Waals surface area contributed by atoms with E-state index in [0.717, 1.165) is 19.3 Å². The van der Waals surface area contributed by atoms with Gasteiger partial charge in [0.15, 0.2) is 0 Å². The van der Waals surface area contributed by atoms with E-state index in [1.807, 2.05) is 26.0 Å². The summed E-state index contributed by atoms with van der Waals surface area (Å²) in [5.74, 6) is 0.621. The van der Waals surface area contributed by atoms with Crippen molar-refractivity contribution in [3.8, 4) is 0 Å². The van der Waals surface area contributed by atoms with Gasteiger partial charge in [-0.25, -0.2) is 0 Å². The van der Waals surface area contributed by atoms with Crippen molar-refractivity contribution in [2.45, 2.75) is 52.4 Å². The molecule has 16 heavy (non-hydrogen) atoms. The first-order chi connectivity index (χ1) is 7.79. The summed E-state index contributed by atoms with van der Waals surface area (Å²) in [6.07, 6.45) is 4.11. The highest BCUT2D eigenvalue weighted by molar-refractivity contribution is 5.86. The van der Waals surface area contributed by atoms with Crippen molar-refractivity contribution in [1.29, 1.82) is 0 Å². The van der Waals surface area contributed by atoms with E-state index in [1.54, 1.807) is 0 Å². The van der Waals surface area contributed by atoms with Crippen molar-refractivity contribution in [3.63, 3.8) is 0 Å². The maximum atomic E-state index is 11.7. The molecular weight excluding hydrogens is 196 g/mol. The zero-order valence-electron chi connectivity index (χ0n) is 10.6. The maximum Gasteiger partial charge on any atom is 0.140 e. The Kier molecular flexibility index (Phi) is 5.24. The minimum absolute atomic E-state index is 0.185. The lowest BCUT2D eigenvalue weighted by atomic mass is 9.81. The molecule has 0 saturated heterocycles. The molecule has 0 aliphatic heterocycles. The smallest absolute Gasteiger partial charge is 0.140 e. The fourth-order valence-corrected chi connectivity index (χ4v) is 2.29. The van der Waals surface area contributed by atoms with Gasteiger partial charge in [-0.2, -0.15) is 0 Å². The molecular formula is C15H22O. The lowest BCUT2D eigenvalue weighted by molar-refractivity contribution is -0.121. The number of benzene rings is 1. The van der Waals surface area contributed by atoms with Gasteiger partial charge in [0, 0.05) is 12.3 Å². The molecule has 0 aromatic heterocycles. The summed E-state index contributed by atoms with van der Waals surface area (Å²) in [7, 11) is 0. The Morgan fingerprint density at radius 2 is 1.81 bits per heavy atom. The molecule has 1 atom stereocenters. The molecule has 0 radical (unpaired) electrons. The quantitative estimate of drug-likeness (QED) is 0.688. The van der Waals surface area contributed by atoms with Crippen molar-refractivity contribution >= 4 is 5.78 Å². The summed E-state index contributed by atoms with van der Waals surface area (Å²) in [5.41, 5.74) is 2.50. The van der Waals surface area contributed by atoms with Gasteiger partial charge in [-0.3, -0.25) is 4.79 Å². The Morgan fingerprint density at radius 3 is 2.44 bits per heavy atom. The molecule has 0 N–H and O–H groups in total. The van der Waals surface area contributed by atoms with E-state index in [0.29, 0.717) is 5.78 Å². The minimum Gasteiger partial charge on any atom is -0.299 e. The molecule has 2 rings (SSSR count). The molecule has 1 heteroatoms. The Morgan fingerprint density at radius 1 is 1.12 bits per heavy atom. The summed E-state index contributed by atoms with van der Waals surface area (Å²) >= 11 is 0. The SMILES string of the molecule is CC.Cc1ccccc1C1CCCCC1=O. The van der Waals surface area contributed by atoms with E-state index in [-0.39, 0.29) is 5.92 Å². The van der Waals surface area contributed by atoms with Crippen LogP contribution >= 0.6 is 0 Å². The summed E-state index contributed by atoms with van der Waals surface area (Å²) < 4.78 is 0. The highest BCUT2D eigenvalue weighted by Crippen LogP contribution is 2.31. The molecule has 0 bridgehead atoms. The first kappa shape index (κ1) is 13.0. The molecule has 1 aromatic carbocycles. The van der Waals surface area contributed by atoms with Gasteiger partial charge in [0.25, 0.3) is 0 Å². The number of hydrogen-bond donors (Lipinski definition) is 0. The van der Waals surface area contributed by atoms with Gasteiger partial charge in [0.05, 0.1) is 0 Å². The van der Waals surface area contributed by atoms with Crippen molar-refractivity contribution in [2.75, 3.05) is 0 Å². The molecule has 1 aliphatic carbocycles. The van der Waals surface area contributed by atoms with E-state index in [9.17, 15) is 4.79 Å². The molecule has 88 valence electrons. The van der Waals surface area contributed by atoms with Gasteiger partial charge in [-0.15, -0.1) is 0 Å². The average Bonchev–Trinajstić information content (AvgIpc) is 2.34. The fourth-order valence-electron chi connectivity index (χ4n) is 2.29. The van der Waals surface area contributed by atoms with Crippen LogP contribution < -0.4 is 0 Å². The molecule has 0 amide bonds. The second kappa shape index (κ2) is 6.47. The Labute approximate surface area is 98.9 Å². The van der Waals surface area contributed by atoms with Gasteiger partial charge in [-0.1, -0.05) is 44.5 Å². The molecule has 1 nitrogen and oxygen atoms in total. The van der Waals surface area contributed by atoms with E-state index < -0.39 is 0 Å². The number of ketones is 1. The number of Topliss-reactive ketones (excluding diaryl/α,β-unsaturated/α-hetero) is 1. The van der Waals surface area contributed by atoms with Crippen LogP contribution in [0.3, 0.4) is 0 Å². The van der Waals surface area contributed by atoms with Gasteiger partial charge < -0.3 is 0 Å². The first-order valence-corrected chi connectivity index (χ1v) is 6.37. The summed E-state index contributed by atoms with van der Waals surface area (Å²) in [6.45, 7) is 6.09. The third-order valence-corrected chi connectivity index (χ3v) is 3.12. The molecule has 0 heterocycles. The minimum atomic E-state index is 0.185. The number of carbonyl (C=O) groups excluding carboxylic acids is 1. The van der Waals surface area contributed by atoms with Crippen LogP contribution in [0.25, 0.3) is 0 Å². The number of carbonyl (C=O) groups is 1. The van der Waals surface area contributed by atoms with Crippen LogP contribution in [0.15, 0.2) is 24.3 Å². The van der Waals surface area contributed by atoms with E-state index in [4.69, 9.17) is 0 Å². The van der Waals surface area contributed by atoms with Crippen LogP contribution in [0, 0.1) is 6.92 Å². The molecule has 0 spiro atoms. The van der Waals surface area contributed by atoms with Gasteiger partial charge in [-0.05, 0) is 30.9 Å². The zero-order chi connectivity index (χ0) is 12.0. The largest absolute Gasteiger partial charge is 0.299 e. The zero-order valence-corrected chi connectivity index (χ0v) is 10.6. The van der Waals surface area contributed by atoms with Crippen LogP contribution in [-0.2, 0) is 4.79 Å². The number of aryl methyl sites for hydroxylation is 1. The predicted molar refractivity (Wildman–Crippen MR) is 68.7 cm³/mol. The third kappa shape index (κ3) is 2.94. The van der Waals surface area contributed by atoms with Crippen molar-refractivity contribution in [3.05, 3.63) is 35.4 Å². The summed E-state index contributed by atoms with van der Waals surface area (Å²) in [6, 6.07) is 8.26. The summed E-state index contributed by atoms with van der Waals surface area (Å²) in [5, 5.41) is 0. The van der Waals surface area contributed by atoms with Crippen LogP contribution in [0.5, 0.6) is 0 Å². The van der Waals surface area contributed by atoms with Crippen LogP contribution in [0.2, 0.25) is 0 Å². The topological polar surface area (TPSA) is 17.1 Å². The summed E-state index contributed by atoms with van der Waals surface area (Å²) in [4.78, 5) is 11.7. The first-order valence-electron chi connectivity index (χ1n) is 6.37. The normalized spacial score (nSPS) is 19.9. The molecule has 1 fully saturated rings. The second-order valence-electron chi connectivity index (χ2n) is 4.12. The van der Waals surface area contributed by atoms with Crippen molar-refractivity contribution in [2.24, 2.45) is 0 Å². The molecule has 1 aromatic rings. The van der Waals surface area contributed by atoms with Crippen LogP contribution in [0.1, 0.15) is 56.6 Å². The van der Waals surface area contributed by atoms with E-state index in [2.05, 4.69) is 19.1 Å². The highest BCUT2D eigenvalue weighted by atomic mass is 16.1. The highest BCUT2D eigenvalue weighted by Gasteiger charge is 2.24. The Bertz CT molecular complexity index is 341. The van der Waals surface area contributed by atoms with Gasteiger partial charge in [0.1, 0.15) is 5.78 Å². The molecule has 1 unspecified atom stereocenters. The fraction of sp³-hybridized carbons (Fsp3) is 0.533. The third-order valence-electron chi connectivity index (χ3n) is 3.12. The standard InChI is InChI=1S/C13H16O.C2H6/c1-10-6-2-3-7-11(10)12-8-4-5-9-13(12)14;1-2/h2-3,6-7,12H,4-5,8-9H2,1H3;1-2H3. The Balaban J connectivity index is 0.000000606. The molecule has 1 aliphatic rings. The number of hydrogen-bond acceptors (Lipinski definition) is 1. The van der Waals surface area contributed by atoms with Gasteiger partial charge in [0.2, 0.25) is 0 Å². The van der Waals surface area contributed by atoms with E-state index in [1.165, 1.54) is 17.5 Å². The lowest BCUT2D eigenvalue weighted by Gasteiger charge is -2.22. The lowest BCUT2D eigenvalue weighted by Crippen LogP contribution is -2.17. The average molecular weight is 218 g/mol. The second-order valence-corrected chi connectivity index (χ2v) is 4.12. The van der Waals surface area contributed by atoms with E-state index >= 15 is 0 Å². The van der Waals surface area contributed by atoms with Crippen LogP contribution in [0.4, 0.5) is 0 Å². The predicted octanol–water partition coefficient (Wildman–Crippen LogP) is 4.25. The van der Waals surface area contributed by atoms with Gasteiger partial charge >= 0.3 is 0 Å².